The molecule has 2 bridgehead atoms. The summed E-state index contributed by atoms with van der Waals surface area (Å²) in [6.45, 7) is 17.6. The third kappa shape index (κ3) is 4.61. The predicted molar refractivity (Wildman–Crippen MR) is 129 cm³/mol. The molecule has 4 heteroatoms. The molecule has 0 amide bonds. The minimum Gasteiger partial charge on any atom is -0.544 e. The summed E-state index contributed by atoms with van der Waals surface area (Å²) < 4.78 is 0. The fourth-order valence-corrected chi connectivity index (χ4v) is 9.71. The summed E-state index contributed by atoms with van der Waals surface area (Å²) in [5.41, 5.74) is 2.59. The molecule has 4 fully saturated rings. The van der Waals surface area contributed by atoms with Gasteiger partial charge in [0.15, 0.2) is 0 Å². The van der Waals surface area contributed by atoms with Gasteiger partial charge in [0.2, 0.25) is 0 Å². The minimum atomic E-state index is -0.330. The van der Waals surface area contributed by atoms with Gasteiger partial charge in [-0.3, -0.25) is 11.7 Å². The number of allylic oxidation sites excluding steroid dienone is 2. The summed E-state index contributed by atoms with van der Waals surface area (Å²) in [6, 6.07) is 0. The van der Waals surface area contributed by atoms with E-state index in [2.05, 4.69) is 67.2 Å². The van der Waals surface area contributed by atoms with E-state index < -0.39 is 0 Å². The van der Waals surface area contributed by atoms with Crippen molar-refractivity contribution in [2.24, 2.45) is 50.7 Å². The minimum absolute atomic E-state index is 0. The zero-order valence-electron chi connectivity index (χ0n) is 22.7. The summed E-state index contributed by atoms with van der Waals surface area (Å²) >= 11 is 0. The Bertz CT molecular complexity index is 812. The molecule has 2 radical (unpaired) electrons. The Balaban J connectivity index is 0.00000136. The molecule has 0 saturated heterocycles. The molecule has 0 aromatic carbocycles. The first-order valence-electron chi connectivity index (χ1n) is 13.2. The van der Waals surface area contributed by atoms with Crippen LogP contribution in [0.2, 0.25) is 0 Å². The molecule has 2 unspecified atom stereocenters. The Labute approximate surface area is 262 Å². The first-order valence-corrected chi connectivity index (χ1v) is 13.2. The maximum atomic E-state index is 12.4. The molecule has 5 rings (SSSR count). The normalized spacial score (nSPS) is 49.2. The van der Waals surface area contributed by atoms with Gasteiger partial charge in [0.1, 0.15) is 0 Å². The second-order valence-electron chi connectivity index (χ2n) is 14.2. The maximum absolute atomic E-state index is 12.4. The third-order valence-corrected chi connectivity index (χ3v) is 11.8. The van der Waals surface area contributed by atoms with Crippen LogP contribution in [-0.4, -0.2) is 6.29 Å². The van der Waals surface area contributed by atoms with Gasteiger partial charge in [0.05, 0.1) is 0 Å². The second-order valence-corrected chi connectivity index (χ2v) is 14.2. The Kier molecular flexibility index (Phi) is 9.79. The first-order chi connectivity index (χ1) is 14.4. The predicted octanol–water partition coefficient (Wildman–Crippen LogP) is 7.91. The molecule has 0 heterocycles. The van der Waals surface area contributed by atoms with Crippen LogP contribution in [-0.2, 0) is 77.1 Å². The fraction of sp³-hybridized carbons (Fsp3) is 0.833. The average Bonchev–Trinajstić information content (AvgIpc) is 2.78. The quantitative estimate of drug-likeness (QED) is 0.197. The number of fused-ring (bicyclic) bond motifs is 8. The average molecular weight is 745 g/mol. The van der Waals surface area contributed by atoms with Crippen LogP contribution in [0.5, 0.6) is 0 Å². The van der Waals surface area contributed by atoms with Crippen LogP contribution in [0.3, 0.4) is 0 Å². The largest absolute Gasteiger partial charge is 0.544 e. The van der Waals surface area contributed by atoms with Crippen LogP contribution in [0.15, 0.2) is 11.6 Å². The van der Waals surface area contributed by atoms with Gasteiger partial charge in [0.25, 0.3) is 0 Å². The summed E-state index contributed by atoms with van der Waals surface area (Å²) in [5, 5.41) is 0. The Morgan fingerprint density at radius 1 is 1.09 bits per heavy atom. The Morgan fingerprint density at radius 3 is 2.41 bits per heavy atom. The van der Waals surface area contributed by atoms with Gasteiger partial charge >= 0.3 is 0 Å². The molecule has 8 atom stereocenters. The molecule has 4 saturated carbocycles. The molecule has 0 aromatic heterocycles. The molecule has 1 nitrogen and oxygen atoms in total. The standard InChI is InChI=1S/C30H45O.V.W.Y/c1-20-10-11-27(5)18-28(6)16-22(25(27)21(20)2)8-9-23-24-17-26(3,4)12-14-30(24,19-31)15-13-29(23,28)7;;;/h9,15,20,22,24-25H,8,10-14,16-18H2,1-7H3;;;/q-3;;;/t20-,22-,24?,25+,27?,28-,29+,30+;;;/m0.../s1. The number of hydrogen-bond acceptors (Lipinski definition) is 1. The Hall–Kier alpha value is 1.79. The number of carbonyl (C=O) groups excluding carboxylic acids is 1. The van der Waals surface area contributed by atoms with E-state index in [1.54, 1.807) is 11.5 Å². The van der Waals surface area contributed by atoms with E-state index >= 15 is 0 Å². The third-order valence-electron chi connectivity index (χ3n) is 11.8. The van der Waals surface area contributed by atoms with Crippen molar-refractivity contribution in [1.29, 1.82) is 0 Å². The molecule has 0 spiro atoms. The van der Waals surface area contributed by atoms with E-state index in [1.165, 1.54) is 32.1 Å². The smallest absolute Gasteiger partial charge is 0 e. The van der Waals surface area contributed by atoms with Crippen molar-refractivity contribution < 1.29 is 77.1 Å². The molecule has 0 aliphatic heterocycles. The SMILES string of the molecule is C[C-]1[C@@H]2[C@H]3CC=C4C5CC(C)(C)CC[C@]5([C-]=O)[CH-]C[C@@]4(C)[C@@](C)(C3)CC2(C)CC[C@@H]1C.[V].[W].[Y]. The van der Waals surface area contributed by atoms with E-state index in [0.717, 1.165) is 43.4 Å². The van der Waals surface area contributed by atoms with E-state index in [0.29, 0.717) is 22.2 Å². The van der Waals surface area contributed by atoms with Gasteiger partial charge in [-0.2, -0.15) is 25.2 Å². The maximum Gasteiger partial charge on any atom is 0 e. The van der Waals surface area contributed by atoms with Gasteiger partial charge in [0, 0.05) is 72.3 Å². The van der Waals surface area contributed by atoms with Gasteiger partial charge in [-0.25, -0.2) is 0 Å². The van der Waals surface area contributed by atoms with Gasteiger partial charge in [-0.15, -0.1) is 0 Å². The second kappa shape index (κ2) is 10.4. The van der Waals surface area contributed by atoms with Crippen molar-refractivity contribution in [3.05, 3.63) is 24.0 Å². The van der Waals surface area contributed by atoms with Crippen molar-refractivity contribution in [3.8, 4) is 0 Å². The fourth-order valence-electron chi connectivity index (χ4n) is 9.71. The monoisotopic (exact) mass is 745 g/mol. The molecule has 5 aliphatic rings. The van der Waals surface area contributed by atoms with Crippen LogP contribution in [0.25, 0.3) is 0 Å². The summed E-state index contributed by atoms with van der Waals surface area (Å²) in [4.78, 5) is 12.4. The molecule has 188 valence electrons. The summed E-state index contributed by atoms with van der Waals surface area (Å²) in [6.07, 6.45) is 18.8. The van der Waals surface area contributed by atoms with Gasteiger partial charge in [-0.1, -0.05) is 96.1 Å². The van der Waals surface area contributed by atoms with Crippen LogP contribution >= 0.6 is 0 Å². The zero-order valence-corrected chi connectivity index (χ0v) is 29.8. The van der Waals surface area contributed by atoms with Crippen molar-refractivity contribution in [1.82, 2.24) is 0 Å². The molecular weight excluding hydrogens is 700 g/mol. The molecule has 34 heavy (non-hydrogen) atoms. The number of hydrogen-bond donors (Lipinski definition) is 0. The topological polar surface area (TPSA) is 17.1 Å². The van der Waals surface area contributed by atoms with Crippen molar-refractivity contribution >= 4 is 6.29 Å². The van der Waals surface area contributed by atoms with Gasteiger partial charge in [-0.05, 0) is 41.9 Å². The summed E-state index contributed by atoms with van der Waals surface area (Å²) in [7, 11) is 0. The zero-order chi connectivity index (χ0) is 22.4. The van der Waals surface area contributed by atoms with E-state index in [4.69, 9.17) is 0 Å². The summed E-state index contributed by atoms with van der Waals surface area (Å²) in [5.74, 6) is 4.48. The van der Waals surface area contributed by atoms with Crippen molar-refractivity contribution in [3.63, 3.8) is 0 Å². The van der Waals surface area contributed by atoms with Gasteiger partial charge < -0.3 is 17.1 Å². The van der Waals surface area contributed by atoms with Crippen LogP contribution in [0, 0.1) is 63.1 Å². The first kappa shape index (κ1) is 32.0. The van der Waals surface area contributed by atoms with E-state index in [1.807, 2.05) is 0 Å². The van der Waals surface area contributed by atoms with Crippen LogP contribution in [0.4, 0.5) is 0 Å². The van der Waals surface area contributed by atoms with Crippen LogP contribution in [0.1, 0.15) is 106 Å². The van der Waals surface area contributed by atoms with Crippen molar-refractivity contribution in [2.75, 3.05) is 0 Å². The van der Waals surface area contributed by atoms with E-state index in [-0.39, 0.29) is 83.2 Å². The Morgan fingerprint density at radius 2 is 1.76 bits per heavy atom. The molecular formula is C30H45OVWY-3. The molecule has 5 aliphatic carbocycles. The molecule has 0 N–H and O–H groups in total. The number of rotatable bonds is 1. The van der Waals surface area contributed by atoms with Crippen molar-refractivity contribution in [2.45, 2.75) is 106 Å². The van der Waals surface area contributed by atoms with Crippen LogP contribution < -0.4 is 0 Å². The van der Waals surface area contributed by atoms with E-state index in [9.17, 15) is 4.79 Å². The molecule has 0 aromatic rings.